The van der Waals surface area contributed by atoms with Crippen molar-refractivity contribution in [1.29, 1.82) is 0 Å². The molecule has 0 spiro atoms. The van der Waals surface area contributed by atoms with Crippen LogP contribution in [0.3, 0.4) is 0 Å². The van der Waals surface area contributed by atoms with Crippen LogP contribution in [0.25, 0.3) is 0 Å². The van der Waals surface area contributed by atoms with Crippen molar-refractivity contribution < 1.29 is 0 Å². The van der Waals surface area contributed by atoms with Crippen LogP contribution in [-0.2, 0) is 0 Å². The summed E-state index contributed by atoms with van der Waals surface area (Å²) in [5.74, 6) is 1.18. The number of nitrogens with one attached hydrogen (secondary N) is 1. The minimum absolute atomic E-state index is 0.920. The fourth-order valence-electron chi connectivity index (χ4n) is 2.85. The third-order valence-corrected chi connectivity index (χ3v) is 5.42. The summed E-state index contributed by atoms with van der Waals surface area (Å²) in [7, 11) is 0. The van der Waals surface area contributed by atoms with Crippen LogP contribution in [0.1, 0.15) is 90.4 Å². The van der Waals surface area contributed by atoms with Gasteiger partial charge in [0.05, 0.1) is 0 Å². The molecule has 0 bridgehead atoms. The molecule has 0 radical (unpaired) electrons. The second kappa shape index (κ2) is 13.3. The fraction of sp³-hybridized carbons (Fsp3) is 1.00. The summed E-state index contributed by atoms with van der Waals surface area (Å²) in [6.07, 6.45) is 19.0. The maximum atomic E-state index is 3.43. The quantitative estimate of drug-likeness (QED) is 0.433. The zero-order valence-electron chi connectivity index (χ0n) is 13.1. The van der Waals surface area contributed by atoms with Gasteiger partial charge >= 0.3 is 0 Å². The standard InChI is InChI=1S/C17H35NS/c1-2-3-4-5-6-7-8-9-10-11-12-13-14-17-15-18-16-19-17/h17-18H,2-16H2,1H3. The van der Waals surface area contributed by atoms with Crippen molar-refractivity contribution in [3.05, 3.63) is 0 Å². The molecule has 2 heteroatoms. The average molecular weight is 286 g/mol. The number of hydrogen-bond acceptors (Lipinski definition) is 2. The van der Waals surface area contributed by atoms with Crippen LogP contribution >= 0.6 is 11.8 Å². The molecule has 1 nitrogen and oxygen atoms in total. The van der Waals surface area contributed by atoms with E-state index in [-0.39, 0.29) is 0 Å². The lowest BCUT2D eigenvalue weighted by Gasteiger charge is -2.06. The molecular weight excluding hydrogens is 250 g/mol. The highest BCUT2D eigenvalue weighted by molar-refractivity contribution is 8.00. The van der Waals surface area contributed by atoms with Crippen LogP contribution < -0.4 is 5.32 Å². The van der Waals surface area contributed by atoms with Gasteiger partial charge in [-0.05, 0) is 6.42 Å². The van der Waals surface area contributed by atoms with Crippen LogP contribution in [-0.4, -0.2) is 17.7 Å². The van der Waals surface area contributed by atoms with Crippen LogP contribution in [0, 0.1) is 0 Å². The van der Waals surface area contributed by atoms with Gasteiger partial charge in [-0.3, -0.25) is 0 Å². The van der Waals surface area contributed by atoms with Gasteiger partial charge < -0.3 is 5.32 Å². The van der Waals surface area contributed by atoms with E-state index in [1.807, 2.05) is 0 Å². The Labute approximate surface area is 125 Å². The topological polar surface area (TPSA) is 12.0 Å². The molecular formula is C17H35NS. The molecule has 1 atom stereocenters. The van der Waals surface area contributed by atoms with Gasteiger partial charge in [-0.1, -0.05) is 84.0 Å². The average Bonchev–Trinajstić information content (AvgIpc) is 2.93. The molecule has 0 saturated carbocycles. The first-order valence-electron chi connectivity index (χ1n) is 8.76. The highest BCUT2D eigenvalue weighted by atomic mass is 32.2. The predicted molar refractivity (Wildman–Crippen MR) is 89.9 cm³/mol. The van der Waals surface area contributed by atoms with E-state index in [0.717, 1.165) is 5.25 Å². The lowest BCUT2D eigenvalue weighted by molar-refractivity contribution is 0.537. The van der Waals surface area contributed by atoms with Gasteiger partial charge in [0.1, 0.15) is 0 Å². The highest BCUT2D eigenvalue weighted by Gasteiger charge is 2.13. The Morgan fingerprint density at radius 2 is 1.32 bits per heavy atom. The lowest BCUT2D eigenvalue weighted by Crippen LogP contribution is -2.12. The van der Waals surface area contributed by atoms with Crippen LogP contribution in [0.15, 0.2) is 0 Å². The molecule has 114 valence electrons. The Bertz CT molecular complexity index is 178. The van der Waals surface area contributed by atoms with Crippen molar-refractivity contribution in [3.8, 4) is 0 Å². The molecule has 1 N–H and O–H groups in total. The number of unbranched alkanes of at least 4 members (excludes halogenated alkanes) is 11. The van der Waals surface area contributed by atoms with Gasteiger partial charge in [-0.15, -0.1) is 11.8 Å². The molecule has 1 unspecified atom stereocenters. The molecule has 1 aliphatic heterocycles. The second-order valence-electron chi connectivity index (χ2n) is 6.06. The number of rotatable bonds is 13. The third-order valence-electron chi connectivity index (χ3n) is 4.17. The summed E-state index contributed by atoms with van der Waals surface area (Å²) in [5.41, 5.74) is 0. The summed E-state index contributed by atoms with van der Waals surface area (Å²) in [4.78, 5) is 0. The fourth-order valence-corrected chi connectivity index (χ4v) is 3.89. The SMILES string of the molecule is CCCCCCCCCCCCCCC1CNCS1. The summed E-state index contributed by atoms with van der Waals surface area (Å²) in [6, 6.07) is 0. The zero-order valence-corrected chi connectivity index (χ0v) is 13.9. The van der Waals surface area contributed by atoms with Gasteiger partial charge in [-0.2, -0.15) is 0 Å². The van der Waals surface area contributed by atoms with Gasteiger partial charge in [-0.25, -0.2) is 0 Å². The number of thioether (sulfide) groups is 1. The van der Waals surface area contributed by atoms with E-state index in [1.165, 1.54) is 95.9 Å². The van der Waals surface area contributed by atoms with E-state index in [9.17, 15) is 0 Å². The smallest absolute Gasteiger partial charge is 0.0421 e. The van der Waals surface area contributed by atoms with E-state index < -0.39 is 0 Å². The van der Waals surface area contributed by atoms with E-state index >= 15 is 0 Å². The Hall–Kier alpha value is 0.310. The number of hydrogen-bond donors (Lipinski definition) is 1. The van der Waals surface area contributed by atoms with Crippen LogP contribution in [0.2, 0.25) is 0 Å². The van der Waals surface area contributed by atoms with Crippen molar-refractivity contribution >= 4 is 11.8 Å². The summed E-state index contributed by atoms with van der Waals surface area (Å²) < 4.78 is 0. The summed E-state index contributed by atoms with van der Waals surface area (Å²) in [6.45, 7) is 3.55. The van der Waals surface area contributed by atoms with Crippen molar-refractivity contribution in [3.63, 3.8) is 0 Å². The first-order chi connectivity index (χ1) is 9.43. The molecule has 0 aliphatic carbocycles. The molecule has 19 heavy (non-hydrogen) atoms. The van der Waals surface area contributed by atoms with Gasteiger partial charge in [0.15, 0.2) is 0 Å². The first-order valence-corrected chi connectivity index (χ1v) is 9.80. The Balaban J connectivity index is 1.67. The molecule has 1 aliphatic rings. The summed E-state index contributed by atoms with van der Waals surface area (Å²) in [5, 5.41) is 4.35. The lowest BCUT2D eigenvalue weighted by atomic mass is 10.0. The molecule has 0 aromatic heterocycles. The van der Waals surface area contributed by atoms with Gasteiger partial charge in [0.2, 0.25) is 0 Å². The van der Waals surface area contributed by atoms with Crippen molar-refractivity contribution in [2.24, 2.45) is 0 Å². The highest BCUT2D eigenvalue weighted by Crippen LogP contribution is 2.21. The van der Waals surface area contributed by atoms with E-state index in [2.05, 4.69) is 24.0 Å². The predicted octanol–water partition coefficient (Wildman–Crippen LogP) is 5.74. The monoisotopic (exact) mass is 285 g/mol. The molecule has 1 fully saturated rings. The molecule has 1 saturated heterocycles. The van der Waals surface area contributed by atoms with Crippen LogP contribution in [0.5, 0.6) is 0 Å². The Kier molecular flexibility index (Phi) is 12.2. The minimum Gasteiger partial charge on any atom is -0.307 e. The molecule has 1 heterocycles. The normalized spacial score (nSPS) is 19.1. The first kappa shape index (κ1) is 17.4. The van der Waals surface area contributed by atoms with Crippen molar-refractivity contribution in [1.82, 2.24) is 5.32 Å². The zero-order chi connectivity index (χ0) is 13.6. The Morgan fingerprint density at radius 1 is 0.789 bits per heavy atom. The maximum Gasteiger partial charge on any atom is 0.0421 e. The second-order valence-corrected chi connectivity index (χ2v) is 7.35. The molecule has 0 aromatic carbocycles. The van der Waals surface area contributed by atoms with E-state index in [1.54, 1.807) is 0 Å². The van der Waals surface area contributed by atoms with Crippen LogP contribution in [0.4, 0.5) is 0 Å². The van der Waals surface area contributed by atoms with E-state index in [4.69, 9.17) is 0 Å². The maximum absolute atomic E-state index is 3.43. The molecule has 1 rings (SSSR count). The third kappa shape index (κ3) is 10.7. The summed E-state index contributed by atoms with van der Waals surface area (Å²) >= 11 is 2.11. The van der Waals surface area contributed by atoms with Crippen molar-refractivity contribution in [2.45, 2.75) is 95.6 Å². The molecule has 0 amide bonds. The molecule has 0 aromatic rings. The van der Waals surface area contributed by atoms with Gasteiger partial charge in [0, 0.05) is 17.7 Å². The van der Waals surface area contributed by atoms with Crippen molar-refractivity contribution in [2.75, 3.05) is 12.4 Å². The van der Waals surface area contributed by atoms with Gasteiger partial charge in [0.25, 0.3) is 0 Å². The largest absolute Gasteiger partial charge is 0.307 e. The Morgan fingerprint density at radius 3 is 1.79 bits per heavy atom. The van der Waals surface area contributed by atoms with E-state index in [0.29, 0.717) is 0 Å². The minimum atomic E-state index is 0.920.